The van der Waals surface area contributed by atoms with Crippen LogP contribution in [0, 0.1) is 0 Å². The highest BCUT2D eigenvalue weighted by Gasteiger charge is 2.25. The van der Waals surface area contributed by atoms with Crippen molar-refractivity contribution in [1.29, 1.82) is 0 Å². The number of likely N-dealkylation sites (N-methyl/N-ethyl adjacent to an activating group) is 2. The summed E-state index contributed by atoms with van der Waals surface area (Å²) in [7, 11) is 4.24. The highest BCUT2D eigenvalue weighted by Crippen LogP contribution is 2.22. The van der Waals surface area contributed by atoms with E-state index in [2.05, 4.69) is 37.4 Å². The Morgan fingerprint density at radius 1 is 1.64 bits per heavy atom. The first-order valence-electron chi connectivity index (χ1n) is 4.27. The van der Waals surface area contributed by atoms with Crippen LogP contribution in [0.4, 0.5) is 0 Å². The van der Waals surface area contributed by atoms with Crippen molar-refractivity contribution in [3.63, 3.8) is 0 Å². The van der Waals surface area contributed by atoms with Gasteiger partial charge in [0.2, 0.25) is 0 Å². The second-order valence-corrected chi connectivity index (χ2v) is 3.34. The molecule has 1 saturated heterocycles. The Hall–Kier alpha value is -0.500. The zero-order chi connectivity index (χ0) is 8.43. The van der Waals surface area contributed by atoms with Gasteiger partial charge in [0.1, 0.15) is 0 Å². The lowest BCUT2D eigenvalue weighted by atomic mass is 10.2. The Bertz CT molecular complexity index is 152. The molecule has 2 nitrogen and oxygen atoms in total. The molecule has 0 saturated carbocycles. The fourth-order valence-corrected chi connectivity index (χ4v) is 1.72. The predicted octanol–water partition coefficient (Wildman–Crippen LogP) is 1.16. The van der Waals surface area contributed by atoms with Gasteiger partial charge in [-0.3, -0.25) is 0 Å². The molecule has 0 N–H and O–H groups in total. The summed E-state index contributed by atoms with van der Waals surface area (Å²) in [4.78, 5) is 4.60. The predicted molar refractivity (Wildman–Crippen MR) is 48.5 cm³/mol. The van der Waals surface area contributed by atoms with Crippen LogP contribution in [0.15, 0.2) is 12.3 Å². The van der Waals surface area contributed by atoms with Crippen LogP contribution in [-0.4, -0.2) is 43.0 Å². The molecule has 0 bridgehead atoms. The van der Waals surface area contributed by atoms with Crippen molar-refractivity contribution in [2.24, 2.45) is 0 Å². The van der Waals surface area contributed by atoms with Gasteiger partial charge < -0.3 is 9.80 Å². The molecule has 0 spiro atoms. The molecule has 1 fully saturated rings. The molecular weight excluding hydrogens is 136 g/mol. The molecule has 1 rings (SSSR count). The molecule has 0 aromatic rings. The van der Waals surface area contributed by atoms with Gasteiger partial charge in [0.15, 0.2) is 0 Å². The maximum absolute atomic E-state index is 4.09. The van der Waals surface area contributed by atoms with Crippen molar-refractivity contribution >= 4 is 0 Å². The van der Waals surface area contributed by atoms with Gasteiger partial charge in [-0.25, -0.2) is 0 Å². The Labute approximate surface area is 69.5 Å². The smallest absolute Gasteiger partial charge is 0.0502 e. The van der Waals surface area contributed by atoms with Gasteiger partial charge in [-0.1, -0.05) is 6.58 Å². The van der Waals surface area contributed by atoms with Crippen molar-refractivity contribution in [2.45, 2.75) is 19.4 Å². The number of likely N-dealkylation sites (tertiary alicyclic amines) is 1. The van der Waals surface area contributed by atoms with Crippen LogP contribution in [0.1, 0.15) is 13.3 Å². The summed E-state index contributed by atoms with van der Waals surface area (Å²) in [5.74, 6) is 0. The minimum atomic E-state index is 0.579. The third-order valence-electron chi connectivity index (χ3n) is 2.47. The first kappa shape index (κ1) is 8.60. The minimum Gasteiger partial charge on any atom is -0.374 e. The quantitative estimate of drug-likeness (QED) is 0.589. The largest absolute Gasteiger partial charge is 0.374 e. The van der Waals surface area contributed by atoms with Crippen molar-refractivity contribution < 1.29 is 0 Å². The molecule has 1 atom stereocenters. The van der Waals surface area contributed by atoms with Gasteiger partial charge in [-0.2, -0.15) is 0 Å². The maximum Gasteiger partial charge on any atom is 0.0502 e. The maximum atomic E-state index is 4.09. The molecule has 0 radical (unpaired) electrons. The standard InChI is InChI=1S/C9H18N2/c1-5-11-7-6-9(8(11)2)10(3)4/h9H,2,5-7H2,1,3-4H3. The van der Waals surface area contributed by atoms with Gasteiger partial charge >= 0.3 is 0 Å². The summed E-state index contributed by atoms with van der Waals surface area (Å²) in [5, 5.41) is 0. The SMILES string of the molecule is C=C1C(N(C)C)CCN1CC. The average molecular weight is 154 g/mol. The van der Waals surface area contributed by atoms with E-state index in [-0.39, 0.29) is 0 Å². The number of hydrogen-bond acceptors (Lipinski definition) is 2. The van der Waals surface area contributed by atoms with Crippen LogP contribution in [0.2, 0.25) is 0 Å². The van der Waals surface area contributed by atoms with E-state index in [0.717, 1.165) is 6.54 Å². The van der Waals surface area contributed by atoms with E-state index in [9.17, 15) is 0 Å². The second kappa shape index (κ2) is 3.26. The molecule has 64 valence electrons. The van der Waals surface area contributed by atoms with Gasteiger partial charge in [0.05, 0.1) is 6.04 Å². The topological polar surface area (TPSA) is 6.48 Å². The van der Waals surface area contributed by atoms with Crippen LogP contribution in [-0.2, 0) is 0 Å². The van der Waals surface area contributed by atoms with Crippen LogP contribution in [0.5, 0.6) is 0 Å². The summed E-state index contributed by atoms with van der Waals surface area (Å²) in [6.07, 6.45) is 1.24. The third kappa shape index (κ3) is 1.56. The molecular formula is C9H18N2. The summed E-state index contributed by atoms with van der Waals surface area (Å²) < 4.78 is 0. The molecule has 1 unspecified atom stereocenters. The second-order valence-electron chi connectivity index (χ2n) is 3.34. The Morgan fingerprint density at radius 2 is 2.27 bits per heavy atom. The molecule has 11 heavy (non-hydrogen) atoms. The average Bonchev–Trinajstić information content (AvgIpc) is 2.30. The zero-order valence-corrected chi connectivity index (χ0v) is 7.80. The van der Waals surface area contributed by atoms with E-state index >= 15 is 0 Å². The van der Waals surface area contributed by atoms with Crippen molar-refractivity contribution in [3.05, 3.63) is 12.3 Å². The summed E-state index contributed by atoms with van der Waals surface area (Å²) in [6.45, 7) is 8.56. The van der Waals surface area contributed by atoms with Crippen LogP contribution < -0.4 is 0 Å². The van der Waals surface area contributed by atoms with Crippen molar-refractivity contribution in [2.75, 3.05) is 27.2 Å². The number of nitrogens with zero attached hydrogens (tertiary/aromatic N) is 2. The van der Waals surface area contributed by atoms with E-state index in [4.69, 9.17) is 0 Å². The lowest BCUT2D eigenvalue weighted by Gasteiger charge is -2.23. The van der Waals surface area contributed by atoms with Gasteiger partial charge in [-0.05, 0) is 27.4 Å². The zero-order valence-electron chi connectivity index (χ0n) is 7.80. The Kier molecular flexibility index (Phi) is 2.55. The molecule has 0 aromatic heterocycles. The molecule has 0 aliphatic carbocycles. The van der Waals surface area contributed by atoms with Crippen molar-refractivity contribution in [3.8, 4) is 0 Å². The first-order valence-corrected chi connectivity index (χ1v) is 4.27. The molecule has 1 aliphatic heterocycles. The van der Waals surface area contributed by atoms with Crippen molar-refractivity contribution in [1.82, 2.24) is 9.80 Å². The Balaban J connectivity index is 2.56. The fourth-order valence-electron chi connectivity index (χ4n) is 1.72. The van der Waals surface area contributed by atoms with E-state index in [1.54, 1.807) is 0 Å². The van der Waals surface area contributed by atoms with Gasteiger partial charge in [-0.15, -0.1) is 0 Å². The summed E-state index contributed by atoms with van der Waals surface area (Å²) in [5.41, 5.74) is 1.29. The molecule has 0 aromatic carbocycles. The number of rotatable bonds is 2. The van der Waals surface area contributed by atoms with E-state index in [1.807, 2.05) is 0 Å². The molecule has 1 heterocycles. The lowest BCUT2D eigenvalue weighted by molar-refractivity contribution is 0.327. The van der Waals surface area contributed by atoms with E-state index in [0.29, 0.717) is 6.04 Å². The minimum absolute atomic E-state index is 0.579. The fraction of sp³-hybridized carbons (Fsp3) is 0.778. The van der Waals surface area contributed by atoms with Gasteiger partial charge in [0.25, 0.3) is 0 Å². The monoisotopic (exact) mass is 154 g/mol. The highest BCUT2D eigenvalue weighted by atomic mass is 15.2. The molecule has 1 aliphatic rings. The van der Waals surface area contributed by atoms with E-state index in [1.165, 1.54) is 18.7 Å². The lowest BCUT2D eigenvalue weighted by Crippen LogP contribution is -2.28. The summed E-state index contributed by atoms with van der Waals surface area (Å²) >= 11 is 0. The first-order chi connectivity index (χ1) is 5.16. The highest BCUT2D eigenvalue weighted by molar-refractivity contribution is 5.10. The Morgan fingerprint density at radius 3 is 2.55 bits per heavy atom. The van der Waals surface area contributed by atoms with E-state index < -0.39 is 0 Å². The third-order valence-corrected chi connectivity index (χ3v) is 2.47. The van der Waals surface area contributed by atoms with Gasteiger partial charge in [0, 0.05) is 18.8 Å². The normalized spacial score (nSPS) is 25.3. The van der Waals surface area contributed by atoms with Crippen LogP contribution in [0.3, 0.4) is 0 Å². The molecule has 0 amide bonds. The number of hydrogen-bond donors (Lipinski definition) is 0. The molecule has 2 heteroatoms. The van der Waals surface area contributed by atoms with Crippen LogP contribution in [0.25, 0.3) is 0 Å². The summed E-state index contributed by atoms with van der Waals surface area (Å²) in [6, 6.07) is 0.579. The van der Waals surface area contributed by atoms with Crippen LogP contribution >= 0.6 is 0 Å².